The van der Waals surface area contributed by atoms with Crippen LogP contribution in [-0.2, 0) is 19.1 Å². The van der Waals surface area contributed by atoms with Crippen LogP contribution in [0.15, 0.2) is 97.1 Å². The number of hydrogen-bond acceptors (Lipinski definition) is 6. The second kappa shape index (κ2) is 14.8. The summed E-state index contributed by atoms with van der Waals surface area (Å²) < 4.78 is 11.0. The molecule has 10 heteroatoms. The predicted octanol–water partition coefficient (Wildman–Crippen LogP) is 6.98. The topological polar surface area (TPSA) is 122 Å². The number of carbonyl (C=O) groups excluding carboxylic acids is 3. The molecule has 2 aliphatic rings. The first-order chi connectivity index (χ1) is 22.2. The molecule has 0 radical (unpaired) electrons. The Balaban J connectivity index is 0.000000181. The molecule has 236 valence electrons. The van der Waals surface area contributed by atoms with Crippen molar-refractivity contribution in [1.29, 1.82) is 0 Å². The number of fused-ring (bicyclic) bond motifs is 6. The van der Waals surface area contributed by atoms with Gasteiger partial charge in [-0.25, -0.2) is 9.59 Å². The average Bonchev–Trinajstić information content (AvgIpc) is 3.55. The third kappa shape index (κ3) is 7.38. The van der Waals surface area contributed by atoms with E-state index in [1.165, 1.54) is 16.0 Å². The van der Waals surface area contributed by atoms with Crippen LogP contribution < -0.4 is 5.32 Å². The molecule has 0 heterocycles. The summed E-state index contributed by atoms with van der Waals surface area (Å²) in [4.78, 5) is 46.6. The maximum absolute atomic E-state index is 12.3. The number of aliphatic carboxylic acids is 1. The van der Waals surface area contributed by atoms with Crippen molar-refractivity contribution in [3.05, 3.63) is 119 Å². The van der Waals surface area contributed by atoms with Crippen molar-refractivity contribution >= 4 is 35.0 Å². The first-order valence-electron chi connectivity index (χ1n) is 14.8. The average molecular weight is 641 g/mol. The number of carbonyl (C=O) groups is 4. The van der Waals surface area contributed by atoms with E-state index < -0.39 is 29.5 Å². The van der Waals surface area contributed by atoms with Crippen LogP contribution in [0.5, 0.6) is 0 Å². The van der Waals surface area contributed by atoms with Crippen LogP contribution in [0.25, 0.3) is 22.3 Å². The highest BCUT2D eigenvalue weighted by Crippen LogP contribution is 2.46. The number of hydrogen-bond donors (Lipinski definition) is 2. The molecule has 46 heavy (non-hydrogen) atoms. The molecule has 4 aromatic rings. The van der Waals surface area contributed by atoms with Gasteiger partial charge in [0.15, 0.2) is 6.10 Å². The van der Waals surface area contributed by atoms with E-state index in [0.29, 0.717) is 0 Å². The third-order valence-corrected chi connectivity index (χ3v) is 8.09. The number of amides is 2. The smallest absolute Gasteiger partial charge is 0.410 e. The van der Waals surface area contributed by atoms with E-state index in [4.69, 9.17) is 26.2 Å². The zero-order valence-electron chi connectivity index (χ0n) is 25.1. The van der Waals surface area contributed by atoms with Crippen molar-refractivity contribution in [3.8, 4) is 22.3 Å². The SMILES string of the molecule is CN(CCC(=O)Cl)C(=O)OC1c2ccccc2-c2ccccc21.O=C(O)CCNC(=O)OCC1c2ccccc2-c2ccccc21. The van der Waals surface area contributed by atoms with Gasteiger partial charge >= 0.3 is 18.2 Å². The van der Waals surface area contributed by atoms with Crippen molar-refractivity contribution in [2.75, 3.05) is 26.7 Å². The molecule has 9 nitrogen and oxygen atoms in total. The van der Waals surface area contributed by atoms with Gasteiger partial charge in [-0.3, -0.25) is 9.59 Å². The van der Waals surface area contributed by atoms with E-state index in [-0.39, 0.29) is 38.5 Å². The van der Waals surface area contributed by atoms with Gasteiger partial charge in [0.05, 0.1) is 6.42 Å². The molecule has 2 amide bonds. The molecule has 2 aliphatic carbocycles. The van der Waals surface area contributed by atoms with Crippen LogP contribution in [0.4, 0.5) is 9.59 Å². The first-order valence-corrected chi connectivity index (χ1v) is 15.2. The number of nitrogens with one attached hydrogen (secondary N) is 1. The maximum Gasteiger partial charge on any atom is 0.410 e. The number of nitrogens with zero attached hydrogens (tertiary/aromatic N) is 1. The maximum atomic E-state index is 12.3. The zero-order chi connectivity index (χ0) is 32.6. The van der Waals surface area contributed by atoms with Gasteiger partial charge in [-0.05, 0) is 45.0 Å². The summed E-state index contributed by atoms with van der Waals surface area (Å²) in [5.74, 6) is -0.948. The molecule has 2 N–H and O–H groups in total. The van der Waals surface area contributed by atoms with Crippen LogP contribution in [0.3, 0.4) is 0 Å². The van der Waals surface area contributed by atoms with Gasteiger partial charge in [-0.2, -0.15) is 0 Å². The van der Waals surface area contributed by atoms with Gasteiger partial charge in [0.25, 0.3) is 0 Å². The number of ether oxygens (including phenoxy) is 2. The summed E-state index contributed by atoms with van der Waals surface area (Å²) in [7, 11) is 1.59. The van der Waals surface area contributed by atoms with E-state index in [1.807, 2.05) is 84.9 Å². The third-order valence-electron chi connectivity index (χ3n) is 7.90. The largest absolute Gasteiger partial charge is 0.481 e. The number of carboxylic acids is 1. The summed E-state index contributed by atoms with van der Waals surface area (Å²) in [6.45, 7) is 0.524. The molecule has 0 aromatic heterocycles. The van der Waals surface area contributed by atoms with E-state index in [9.17, 15) is 19.2 Å². The van der Waals surface area contributed by atoms with E-state index in [2.05, 4.69) is 17.4 Å². The molecule has 0 atom stereocenters. The number of halogens is 1. The Hall–Kier alpha value is -5.15. The summed E-state index contributed by atoms with van der Waals surface area (Å²) in [6.07, 6.45) is -1.51. The van der Waals surface area contributed by atoms with E-state index >= 15 is 0 Å². The van der Waals surface area contributed by atoms with Crippen molar-refractivity contribution < 1.29 is 33.8 Å². The van der Waals surface area contributed by atoms with Gasteiger partial charge in [0.2, 0.25) is 5.24 Å². The molecule has 0 spiro atoms. The lowest BCUT2D eigenvalue weighted by Gasteiger charge is -2.21. The lowest BCUT2D eigenvalue weighted by molar-refractivity contribution is -0.136. The van der Waals surface area contributed by atoms with Gasteiger partial charge in [0.1, 0.15) is 6.61 Å². The zero-order valence-corrected chi connectivity index (χ0v) is 25.9. The van der Waals surface area contributed by atoms with Crippen molar-refractivity contribution in [3.63, 3.8) is 0 Å². The molecule has 0 unspecified atom stereocenters. The molecule has 0 fully saturated rings. The van der Waals surface area contributed by atoms with Crippen molar-refractivity contribution in [2.45, 2.75) is 24.9 Å². The summed E-state index contributed by atoms with van der Waals surface area (Å²) in [6, 6.07) is 32.0. The Morgan fingerprint density at radius 2 is 1.20 bits per heavy atom. The number of alkyl carbamates (subject to hydrolysis) is 1. The molecule has 0 aliphatic heterocycles. The Morgan fingerprint density at radius 1 is 0.739 bits per heavy atom. The molecule has 0 saturated carbocycles. The lowest BCUT2D eigenvalue weighted by atomic mass is 9.98. The van der Waals surface area contributed by atoms with Crippen LogP contribution in [-0.4, -0.2) is 60.1 Å². The Morgan fingerprint density at radius 3 is 1.67 bits per heavy atom. The number of carboxylic acid groups (broad SMARTS) is 1. The molecular weight excluding hydrogens is 608 g/mol. The molecule has 6 rings (SSSR count). The summed E-state index contributed by atoms with van der Waals surface area (Å²) >= 11 is 5.31. The molecule has 4 aromatic carbocycles. The summed E-state index contributed by atoms with van der Waals surface area (Å²) in [5.41, 5.74) is 8.75. The molecular formula is C36H33ClN2O7. The van der Waals surface area contributed by atoms with Gasteiger partial charge in [0, 0.05) is 43.6 Å². The molecule has 0 bridgehead atoms. The fourth-order valence-electron chi connectivity index (χ4n) is 5.69. The van der Waals surface area contributed by atoms with Crippen LogP contribution in [0, 0.1) is 0 Å². The minimum atomic E-state index is -0.955. The van der Waals surface area contributed by atoms with Gasteiger partial charge < -0.3 is 24.8 Å². The normalized spacial score (nSPS) is 12.4. The van der Waals surface area contributed by atoms with Crippen LogP contribution >= 0.6 is 11.6 Å². The predicted molar refractivity (Wildman–Crippen MR) is 174 cm³/mol. The fourth-order valence-corrected chi connectivity index (χ4v) is 5.78. The Labute approximate surface area is 271 Å². The van der Waals surface area contributed by atoms with Gasteiger partial charge in [-0.15, -0.1) is 0 Å². The standard InChI is InChI=1S/C18H16ClNO3.C18H17NO4/c1-20(11-10-16(19)21)18(22)23-17-14-8-4-2-6-12(14)13-7-3-5-9-15(13)17;20-17(21)9-10-19-18(22)23-11-16-14-7-3-1-5-12(14)13-6-2-4-8-15(13)16/h2-9,17H,10-11H2,1H3;1-8,16H,9-11H2,(H,19,22)(H,20,21). The van der Waals surface area contributed by atoms with Gasteiger partial charge in [-0.1, -0.05) is 97.1 Å². The summed E-state index contributed by atoms with van der Waals surface area (Å²) in [5, 5.41) is 10.5. The minimum Gasteiger partial charge on any atom is -0.481 e. The van der Waals surface area contributed by atoms with E-state index in [0.717, 1.165) is 33.4 Å². The van der Waals surface area contributed by atoms with E-state index in [1.54, 1.807) is 7.05 Å². The molecule has 0 saturated heterocycles. The highest BCUT2D eigenvalue weighted by atomic mass is 35.5. The van der Waals surface area contributed by atoms with Crippen molar-refractivity contribution in [1.82, 2.24) is 10.2 Å². The second-order valence-electron chi connectivity index (χ2n) is 10.9. The number of benzene rings is 4. The van der Waals surface area contributed by atoms with Crippen LogP contribution in [0.2, 0.25) is 0 Å². The highest BCUT2D eigenvalue weighted by Gasteiger charge is 2.32. The first kappa shape index (κ1) is 32.2. The monoisotopic (exact) mass is 640 g/mol. The van der Waals surface area contributed by atoms with Crippen molar-refractivity contribution in [2.24, 2.45) is 0 Å². The Kier molecular flexibility index (Phi) is 10.3. The quantitative estimate of drug-likeness (QED) is 0.189. The fraction of sp³-hybridized carbons (Fsp3) is 0.222. The minimum absolute atomic E-state index is 0.00706. The highest BCUT2D eigenvalue weighted by molar-refractivity contribution is 6.63. The lowest BCUT2D eigenvalue weighted by Crippen LogP contribution is -2.30. The van der Waals surface area contributed by atoms with Crippen LogP contribution in [0.1, 0.15) is 47.1 Å². The second-order valence-corrected chi connectivity index (χ2v) is 11.3. The number of rotatable bonds is 9. The Bertz CT molecular complexity index is 1670.